The molecule has 7 nitrogen and oxygen atoms in total. The molecule has 0 radical (unpaired) electrons. The number of halogens is 1. The van der Waals surface area contributed by atoms with Crippen LogP contribution in [-0.2, 0) is 16.1 Å². The van der Waals surface area contributed by atoms with Crippen LogP contribution in [0.4, 0.5) is 4.39 Å². The van der Waals surface area contributed by atoms with E-state index in [1.807, 2.05) is 12.3 Å². The van der Waals surface area contributed by atoms with E-state index in [1.165, 1.54) is 6.07 Å². The van der Waals surface area contributed by atoms with Crippen molar-refractivity contribution in [3.8, 4) is 11.3 Å². The molecule has 2 aromatic rings. The minimum absolute atomic E-state index is 0.00103. The summed E-state index contributed by atoms with van der Waals surface area (Å²) in [4.78, 5) is 6.79. The predicted octanol–water partition coefficient (Wildman–Crippen LogP) is 3.17. The summed E-state index contributed by atoms with van der Waals surface area (Å²) in [6.45, 7) is 5.28. The second-order valence-electron chi connectivity index (χ2n) is 7.92. The van der Waals surface area contributed by atoms with Crippen LogP contribution in [0.15, 0.2) is 41.2 Å². The van der Waals surface area contributed by atoms with Crippen LogP contribution in [0.1, 0.15) is 25.5 Å². The first-order chi connectivity index (χ1) is 14.1. The number of nitrogens with one attached hydrogen (secondary N) is 1. The van der Waals surface area contributed by atoms with E-state index in [9.17, 15) is 4.39 Å². The molecule has 1 N–H and O–H groups in total. The number of hydrogen-bond acceptors (Lipinski definition) is 6. The monoisotopic (exact) mass is 399 g/mol. The van der Waals surface area contributed by atoms with Gasteiger partial charge in [0.25, 0.3) is 0 Å². The summed E-state index contributed by atoms with van der Waals surface area (Å²) < 4.78 is 25.3. The Balaban J connectivity index is 1.31. The van der Waals surface area contributed by atoms with Gasteiger partial charge in [-0.05, 0) is 31.1 Å². The van der Waals surface area contributed by atoms with Crippen molar-refractivity contribution in [3.63, 3.8) is 0 Å². The molecule has 154 valence electrons. The smallest absolute Gasteiger partial charge is 0.208 e. The van der Waals surface area contributed by atoms with Crippen LogP contribution in [0.25, 0.3) is 11.3 Å². The maximum atomic E-state index is 14.1. The fourth-order valence-corrected chi connectivity index (χ4v) is 3.89. The zero-order chi connectivity index (χ0) is 20.3. The van der Waals surface area contributed by atoms with Crippen molar-refractivity contribution in [1.82, 2.24) is 20.3 Å². The van der Waals surface area contributed by atoms with E-state index >= 15 is 0 Å². The highest BCUT2D eigenvalue weighted by Gasteiger charge is 2.31. The van der Waals surface area contributed by atoms with E-state index in [-0.39, 0.29) is 17.3 Å². The van der Waals surface area contributed by atoms with Crippen LogP contribution in [0.5, 0.6) is 0 Å². The first kappa shape index (κ1) is 19.7. The third kappa shape index (κ3) is 4.54. The van der Waals surface area contributed by atoms with Crippen LogP contribution < -0.4 is 0 Å². The van der Waals surface area contributed by atoms with Crippen molar-refractivity contribution in [2.24, 2.45) is 10.4 Å². The zero-order valence-corrected chi connectivity index (χ0v) is 16.8. The molecule has 0 bridgehead atoms. The number of hydrogen-bond donors (Lipinski definition) is 1. The molecule has 2 aliphatic rings. The Bertz CT molecular complexity index is 912. The van der Waals surface area contributed by atoms with Gasteiger partial charge in [-0.3, -0.25) is 4.90 Å². The lowest BCUT2D eigenvalue weighted by Gasteiger charge is -2.31. The van der Waals surface area contributed by atoms with Gasteiger partial charge in [-0.2, -0.15) is 15.4 Å². The van der Waals surface area contributed by atoms with Gasteiger partial charge in [-0.25, -0.2) is 9.38 Å². The fourth-order valence-electron chi connectivity index (χ4n) is 3.89. The normalized spacial score (nSPS) is 24.7. The number of methoxy groups -OCH3 is 1. The molecule has 1 aromatic carbocycles. The molecule has 2 unspecified atom stereocenters. The standard InChI is InChI=1S/C21H26FN5O2/c1-21(9-7-19(28-2)23-13-21)14-27-10-8-15(11-27)29-12-18-20(25-26-24-18)16-5-3-4-6-17(16)22/h3-7,13,15H,8-12,14H2,1-2H3,(H,24,25,26). The van der Waals surface area contributed by atoms with Crippen molar-refractivity contribution in [3.05, 3.63) is 47.7 Å². The largest absolute Gasteiger partial charge is 0.481 e. The summed E-state index contributed by atoms with van der Waals surface area (Å²) in [6.07, 6.45) is 6.02. The lowest BCUT2D eigenvalue weighted by atomic mass is 9.86. The maximum absolute atomic E-state index is 14.1. The molecule has 0 spiro atoms. The second-order valence-corrected chi connectivity index (χ2v) is 7.92. The first-order valence-electron chi connectivity index (χ1n) is 9.84. The molecule has 1 saturated heterocycles. The molecular weight excluding hydrogens is 373 g/mol. The van der Waals surface area contributed by atoms with Crippen LogP contribution in [0.2, 0.25) is 0 Å². The second kappa shape index (κ2) is 8.42. The Kier molecular flexibility index (Phi) is 5.73. The summed E-state index contributed by atoms with van der Waals surface area (Å²) in [5, 5.41) is 10.9. The van der Waals surface area contributed by atoms with E-state index < -0.39 is 0 Å². The molecule has 0 saturated carbocycles. The lowest BCUT2D eigenvalue weighted by Crippen LogP contribution is -2.37. The summed E-state index contributed by atoms with van der Waals surface area (Å²) in [5.41, 5.74) is 1.56. The quantitative estimate of drug-likeness (QED) is 0.774. The van der Waals surface area contributed by atoms with Crippen molar-refractivity contribution in [2.45, 2.75) is 32.5 Å². The summed E-state index contributed by atoms with van der Waals surface area (Å²) in [5.74, 6) is 0.367. The average Bonchev–Trinajstić information content (AvgIpc) is 3.36. The summed E-state index contributed by atoms with van der Waals surface area (Å²) in [6, 6.07) is 6.56. The number of aromatic nitrogens is 3. The minimum Gasteiger partial charge on any atom is -0.481 e. The third-order valence-electron chi connectivity index (χ3n) is 5.47. The highest BCUT2D eigenvalue weighted by molar-refractivity contribution is 5.68. The van der Waals surface area contributed by atoms with Crippen LogP contribution >= 0.6 is 0 Å². The Morgan fingerprint density at radius 1 is 1.31 bits per heavy atom. The highest BCUT2D eigenvalue weighted by atomic mass is 19.1. The molecule has 29 heavy (non-hydrogen) atoms. The predicted molar refractivity (Wildman–Crippen MR) is 108 cm³/mol. The number of benzene rings is 1. The van der Waals surface area contributed by atoms with Crippen molar-refractivity contribution >= 4 is 6.21 Å². The van der Waals surface area contributed by atoms with Crippen molar-refractivity contribution in [1.29, 1.82) is 0 Å². The number of rotatable bonds is 7. The van der Waals surface area contributed by atoms with E-state index in [0.717, 1.165) is 32.5 Å². The van der Waals surface area contributed by atoms with Gasteiger partial charge in [0.15, 0.2) is 0 Å². The molecule has 8 heteroatoms. The molecule has 2 aliphatic heterocycles. The molecule has 1 aromatic heterocycles. The fraction of sp³-hybridized carbons (Fsp3) is 0.476. The van der Waals surface area contributed by atoms with Gasteiger partial charge in [0.05, 0.1) is 19.8 Å². The number of nitrogens with zero attached hydrogens (tertiary/aromatic N) is 4. The Morgan fingerprint density at radius 3 is 2.93 bits per heavy atom. The highest BCUT2D eigenvalue weighted by Crippen LogP contribution is 2.29. The molecular formula is C21H26FN5O2. The first-order valence-corrected chi connectivity index (χ1v) is 9.84. The topological polar surface area (TPSA) is 75.6 Å². The van der Waals surface area contributed by atoms with Crippen LogP contribution in [0.3, 0.4) is 0 Å². The number of ether oxygens (including phenoxy) is 2. The Labute approximate surface area is 169 Å². The minimum atomic E-state index is -0.317. The van der Waals surface area contributed by atoms with Crippen LogP contribution in [0, 0.1) is 11.2 Å². The number of aromatic amines is 1. The molecule has 0 aliphatic carbocycles. The van der Waals surface area contributed by atoms with Gasteiger partial charge in [0, 0.05) is 36.8 Å². The summed E-state index contributed by atoms with van der Waals surface area (Å²) in [7, 11) is 1.64. The SMILES string of the molecule is COC1=CCC(C)(CN2CCC(OCc3n[nH]nc3-c3ccccc3F)C2)C=N1. The number of likely N-dealkylation sites (tertiary alicyclic amines) is 1. The lowest BCUT2D eigenvalue weighted by molar-refractivity contribution is 0.0433. The van der Waals surface area contributed by atoms with E-state index in [2.05, 4.69) is 32.2 Å². The molecule has 0 amide bonds. The number of allylic oxidation sites excluding steroid dienone is 1. The van der Waals surface area contributed by atoms with Gasteiger partial charge in [0.2, 0.25) is 5.88 Å². The number of aliphatic imine (C=N–C) groups is 1. The van der Waals surface area contributed by atoms with Gasteiger partial charge in [-0.15, -0.1) is 0 Å². The van der Waals surface area contributed by atoms with Crippen LogP contribution in [-0.4, -0.2) is 59.4 Å². The van der Waals surface area contributed by atoms with E-state index in [0.29, 0.717) is 29.4 Å². The van der Waals surface area contributed by atoms with Gasteiger partial charge >= 0.3 is 0 Å². The molecule has 2 atom stereocenters. The Hall–Kier alpha value is -2.58. The maximum Gasteiger partial charge on any atom is 0.208 e. The van der Waals surface area contributed by atoms with Crippen molar-refractivity contribution in [2.75, 3.05) is 26.7 Å². The Morgan fingerprint density at radius 2 is 2.17 bits per heavy atom. The van der Waals surface area contributed by atoms with Crippen molar-refractivity contribution < 1.29 is 13.9 Å². The van der Waals surface area contributed by atoms with E-state index in [1.54, 1.807) is 25.3 Å². The molecule has 4 rings (SSSR count). The van der Waals surface area contributed by atoms with Gasteiger partial charge < -0.3 is 9.47 Å². The molecule has 3 heterocycles. The average molecular weight is 399 g/mol. The molecule has 1 fully saturated rings. The van der Waals surface area contributed by atoms with Gasteiger partial charge in [0.1, 0.15) is 17.2 Å². The third-order valence-corrected chi connectivity index (χ3v) is 5.47. The summed E-state index contributed by atoms with van der Waals surface area (Å²) >= 11 is 0. The van der Waals surface area contributed by atoms with E-state index in [4.69, 9.17) is 9.47 Å². The zero-order valence-electron chi connectivity index (χ0n) is 16.8. The van der Waals surface area contributed by atoms with Gasteiger partial charge in [-0.1, -0.05) is 19.1 Å². The number of H-pyrrole nitrogens is 1.